The lowest BCUT2D eigenvalue weighted by Crippen LogP contribution is -2.22. The molecule has 3 aromatic rings. The molecule has 0 radical (unpaired) electrons. The van der Waals surface area contributed by atoms with Gasteiger partial charge in [0.1, 0.15) is 11.4 Å². The molecule has 0 saturated carbocycles. The summed E-state index contributed by atoms with van der Waals surface area (Å²) in [5.41, 5.74) is 2.16. The third-order valence-corrected chi connectivity index (χ3v) is 3.99. The Bertz CT molecular complexity index is 724. The number of para-hydroxylation sites is 1. The number of rotatable bonds is 5. The van der Waals surface area contributed by atoms with Gasteiger partial charge < -0.3 is 5.32 Å². The highest BCUT2D eigenvalue weighted by molar-refractivity contribution is 7.99. The van der Waals surface area contributed by atoms with Crippen molar-refractivity contribution in [2.75, 3.05) is 0 Å². The first kappa shape index (κ1) is 14.0. The summed E-state index contributed by atoms with van der Waals surface area (Å²) in [6.45, 7) is 5.06. The maximum atomic E-state index is 4.76. The van der Waals surface area contributed by atoms with E-state index in [9.17, 15) is 0 Å². The van der Waals surface area contributed by atoms with Crippen LogP contribution in [0.5, 0.6) is 0 Å². The van der Waals surface area contributed by atoms with Crippen LogP contribution < -0.4 is 5.32 Å². The minimum absolute atomic E-state index is 0.430. The number of aromatic amines is 1. The number of hydrogen-bond donors (Lipinski definition) is 2. The number of fused-ring (bicyclic) bond motifs is 1. The predicted molar refractivity (Wildman–Crippen MR) is 84.2 cm³/mol. The van der Waals surface area contributed by atoms with E-state index in [0.29, 0.717) is 6.04 Å². The van der Waals surface area contributed by atoms with Gasteiger partial charge in [-0.15, -0.1) is 0 Å². The fourth-order valence-electron chi connectivity index (χ4n) is 2.01. The smallest absolute Gasteiger partial charge is 0.189 e. The molecule has 0 spiro atoms. The molecule has 0 atom stereocenters. The summed E-state index contributed by atoms with van der Waals surface area (Å²) in [5.74, 6) is 0. The number of H-pyrrole nitrogens is 1. The van der Waals surface area contributed by atoms with Crippen molar-refractivity contribution in [1.29, 1.82) is 0 Å². The van der Waals surface area contributed by atoms with Crippen molar-refractivity contribution in [3.05, 3.63) is 42.2 Å². The van der Waals surface area contributed by atoms with Crippen LogP contribution in [0.3, 0.4) is 0 Å². The zero-order valence-electron chi connectivity index (χ0n) is 12.0. The zero-order valence-corrected chi connectivity index (χ0v) is 12.8. The van der Waals surface area contributed by atoms with Gasteiger partial charge in [0, 0.05) is 18.0 Å². The molecule has 3 rings (SSSR count). The van der Waals surface area contributed by atoms with E-state index in [-0.39, 0.29) is 0 Å². The minimum Gasteiger partial charge on any atom is -0.310 e. The number of nitrogens with zero attached hydrogens (tertiary/aromatic N) is 3. The summed E-state index contributed by atoms with van der Waals surface area (Å²) >= 11 is 1.51. The number of pyridine rings is 1. The summed E-state index contributed by atoms with van der Waals surface area (Å²) in [6.07, 6.45) is 1.51. The number of hydrogen-bond acceptors (Lipinski definition) is 5. The van der Waals surface area contributed by atoms with Crippen LogP contribution in [0, 0.1) is 0 Å². The lowest BCUT2D eigenvalue weighted by Gasteiger charge is -2.12. The Kier molecular flexibility index (Phi) is 4.17. The van der Waals surface area contributed by atoms with Gasteiger partial charge in [0.15, 0.2) is 5.16 Å². The van der Waals surface area contributed by atoms with Crippen molar-refractivity contribution >= 4 is 22.7 Å². The Labute approximate surface area is 127 Å². The molecule has 0 unspecified atom stereocenters. The van der Waals surface area contributed by atoms with Gasteiger partial charge in [-0.1, -0.05) is 32.0 Å². The first-order valence-electron chi connectivity index (χ1n) is 6.87. The second-order valence-corrected chi connectivity index (χ2v) is 6.05. The van der Waals surface area contributed by atoms with Crippen LogP contribution in [0.4, 0.5) is 0 Å². The van der Waals surface area contributed by atoms with Crippen LogP contribution >= 0.6 is 11.8 Å². The van der Waals surface area contributed by atoms with Crippen molar-refractivity contribution in [3.63, 3.8) is 0 Å². The van der Waals surface area contributed by atoms with E-state index in [1.54, 1.807) is 0 Å². The van der Waals surface area contributed by atoms with Gasteiger partial charge in [-0.25, -0.2) is 9.97 Å². The third-order valence-electron chi connectivity index (χ3n) is 3.05. The molecular weight excluding hydrogens is 282 g/mol. The number of nitrogens with one attached hydrogen (secondary N) is 2. The SMILES string of the molecule is CC(C)NCc1cc2ccccc2nc1Sc1ncn[nH]1. The molecular formula is C15H17N5S. The van der Waals surface area contributed by atoms with Crippen LogP contribution in [-0.4, -0.2) is 26.2 Å². The van der Waals surface area contributed by atoms with E-state index in [1.165, 1.54) is 23.7 Å². The van der Waals surface area contributed by atoms with Gasteiger partial charge in [0.2, 0.25) is 0 Å². The average Bonchev–Trinajstić information content (AvgIpc) is 2.98. The minimum atomic E-state index is 0.430. The van der Waals surface area contributed by atoms with Gasteiger partial charge in [0.25, 0.3) is 0 Å². The maximum Gasteiger partial charge on any atom is 0.189 e. The molecule has 0 bridgehead atoms. The monoisotopic (exact) mass is 299 g/mol. The topological polar surface area (TPSA) is 66.5 Å². The van der Waals surface area contributed by atoms with Crippen LogP contribution in [0.2, 0.25) is 0 Å². The Morgan fingerprint density at radius 2 is 2.14 bits per heavy atom. The molecule has 0 aliphatic rings. The fourth-order valence-corrected chi connectivity index (χ4v) is 2.79. The molecule has 6 heteroatoms. The fraction of sp³-hybridized carbons (Fsp3) is 0.267. The Morgan fingerprint density at radius 1 is 1.29 bits per heavy atom. The van der Waals surface area contributed by atoms with Gasteiger partial charge >= 0.3 is 0 Å². The Hall–Kier alpha value is -1.92. The Morgan fingerprint density at radius 3 is 2.90 bits per heavy atom. The van der Waals surface area contributed by atoms with Crippen LogP contribution in [0.25, 0.3) is 10.9 Å². The molecule has 5 nitrogen and oxygen atoms in total. The lowest BCUT2D eigenvalue weighted by molar-refractivity contribution is 0.583. The van der Waals surface area contributed by atoms with Crippen molar-refractivity contribution in [1.82, 2.24) is 25.5 Å². The molecule has 0 saturated heterocycles. The lowest BCUT2D eigenvalue weighted by atomic mass is 10.1. The quantitative estimate of drug-likeness (QED) is 0.758. The molecule has 0 amide bonds. The summed E-state index contributed by atoms with van der Waals surface area (Å²) in [5, 5.41) is 13.1. The second-order valence-electron chi connectivity index (χ2n) is 5.07. The number of aromatic nitrogens is 4. The summed E-state index contributed by atoms with van der Waals surface area (Å²) in [4.78, 5) is 8.93. The van der Waals surface area contributed by atoms with Gasteiger partial charge in [-0.3, -0.25) is 5.10 Å². The third kappa shape index (κ3) is 3.40. The molecule has 2 heterocycles. The molecule has 0 aliphatic heterocycles. The van der Waals surface area contributed by atoms with E-state index in [4.69, 9.17) is 4.98 Å². The van der Waals surface area contributed by atoms with Crippen molar-refractivity contribution in [2.24, 2.45) is 0 Å². The summed E-state index contributed by atoms with van der Waals surface area (Å²) in [7, 11) is 0. The van der Waals surface area contributed by atoms with Crippen molar-refractivity contribution in [2.45, 2.75) is 36.6 Å². The molecule has 108 valence electrons. The summed E-state index contributed by atoms with van der Waals surface area (Å²) in [6, 6.07) is 10.8. The maximum absolute atomic E-state index is 4.76. The number of benzene rings is 1. The largest absolute Gasteiger partial charge is 0.310 e. The van der Waals surface area contributed by atoms with Crippen molar-refractivity contribution < 1.29 is 0 Å². The first-order chi connectivity index (χ1) is 10.2. The Balaban J connectivity index is 1.99. The highest BCUT2D eigenvalue weighted by Crippen LogP contribution is 2.28. The van der Waals surface area contributed by atoms with Gasteiger partial charge in [0.05, 0.1) is 5.52 Å². The van der Waals surface area contributed by atoms with E-state index >= 15 is 0 Å². The summed E-state index contributed by atoms with van der Waals surface area (Å²) < 4.78 is 0. The van der Waals surface area contributed by atoms with E-state index < -0.39 is 0 Å². The molecule has 2 aromatic heterocycles. The molecule has 2 N–H and O–H groups in total. The zero-order chi connectivity index (χ0) is 14.7. The predicted octanol–water partition coefficient (Wildman–Crippen LogP) is 3.00. The highest BCUT2D eigenvalue weighted by atomic mass is 32.2. The van der Waals surface area contributed by atoms with Crippen LogP contribution in [0.15, 0.2) is 46.8 Å². The van der Waals surface area contributed by atoms with Gasteiger partial charge in [-0.2, -0.15) is 5.10 Å². The van der Waals surface area contributed by atoms with Crippen LogP contribution in [0.1, 0.15) is 19.4 Å². The van der Waals surface area contributed by atoms with E-state index in [0.717, 1.165) is 27.6 Å². The van der Waals surface area contributed by atoms with Crippen LogP contribution in [-0.2, 0) is 6.54 Å². The molecule has 21 heavy (non-hydrogen) atoms. The second kappa shape index (κ2) is 6.24. The molecule has 0 fully saturated rings. The highest BCUT2D eigenvalue weighted by Gasteiger charge is 2.10. The van der Waals surface area contributed by atoms with E-state index in [1.807, 2.05) is 18.2 Å². The normalized spacial score (nSPS) is 11.4. The average molecular weight is 299 g/mol. The first-order valence-corrected chi connectivity index (χ1v) is 7.69. The van der Waals surface area contributed by atoms with Crippen molar-refractivity contribution in [3.8, 4) is 0 Å². The van der Waals surface area contributed by atoms with Gasteiger partial charge in [-0.05, 0) is 29.5 Å². The molecule has 1 aromatic carbocycles. The van der Waals surface area contributed by atoms with E-state index in [2.05, 4.69) is 46.5 Å². The standard InChI is InChI=1S/C15H17N5S/c1-10(2)16-8-12-7-11-5-3-4-6-13(11)19-14(12)21-15-17-9-18-20-15/h3-7,9-10,16H,8H2,1-2H3,(H,17,18,20). The molecule has 0 aliphatic carbocycles.